The molecule has 2 aliphatic heterocycles. The SMILES string of the molecule is O=C(CCCC[C@@H]1SC[C@H]2NC(=O)N[C@@H]12)NCCOCCOCCOCCOCCC(=O)Oc1c(F)c(F)c(F)c(F)c1F. The zero-order chi connectivity index (χ0) is 31.9. The summed E-state index contributed by atoms with van der Waals surface area (Å²) in [6.45, 7) is 1.97. The molecule has 2 aliphatic rings. The maximum absolute atomic E-state index is 13.5. The molecule has 44 heavy (non-hydrogen) atoms. The van der Waals surface area contributed by atoms with Gasteiger partial charge in [0.2, 0.25) is 40.7 Å². The fraction of sp³-hybridized carbons (Fsp3) is 0.667. The maximum atomic E-state index is 13.5. The number of halogens is 5. The first-order valence-corrected chi connectivity index (χ1v) is 15.2. The Morgan fingerprint density at radius 2 is 1.32 bits per heavy atom. The molecule has 2 heterocycles. The van der Waals surface area contributed by atoms with Crippen molar-refractivity contribution in [1.29, 1.82) is 0 Å². The first-order valence-electron chi connectivity index (χ1n) is 14.2. The van der Waals surface area contributed by atoms with Crippen molar-refractivity contribution < 1.29 is 60.0 Å². The van der Waals surface area contributed by atoms with Gasteiger partial charge in [-0.2, -0.15) is 20.5 Å². The Morgan fingerprint density at radius 1 is 0.750 bits per heavy atom. The molecule has 0 saturated carbocycles. The smallest absolute Gasteiger partial charge is 0.315 e. The number of nitrogens with one attached hydrogen (secondary N) is 3. The topological polar surface area (TPSA) is 133 Å². The summed E-state index contributed by atoms with van der Waals surface area (Å²) in [6, 6.07) is 0.295. The summed E-state index contributed by atoms with van der Waals surface area (Å²) in [7, 11) is 0. The summed E-state index contributed by atoms with van der Waals surface area (Å²) >= 11 is 1.86. The van der Waals surface area contributed by atoms with Gasteiger partial charge in [0.05, 0.1) is 71.4 Å². The average molecular weight is 658 g/mol. The zero-order valence-corrected chi connectivity index (χ0v) is 24.7. The Balaban J connectivity index is 1.05. The van der Waals surface area contributed by atoms with Crippen molar-refractivity contribution in [3.8, 4) is 5.75 Å². The molecule has 2 saturated heterocycles. The minimum atomic E-state index is -2.35. The van der Waals surface area contributed by atoms with Crippen LogP contribution in [-0.2, 0) is 28.5 Å². The van der Waals surface area contributed by atoms with Crippen LogP contribution >= 0.6 is 11.8 Å². The minimum absolute atomic E-state index is 0.0251. The van der Waals surface area contributed by atoms with E-state index in [1.54, 1.807) is 0 Å². The van der Waals surface area contributed by atoms with E-state index in [-0.39, 0.29) is 57.1 Å². The number of benzene rings is 1. The van der Waals surface area contributed by atoms with E-state index in [2.05, 4.69) is 20.7 Å². The Bertz CT molecular complexity index is 1090. The third kappa shape index (κ3) is 11.3. The van der Waals surface area contributed by atoms with Crippen molar-refractivity contribution in [3.05, 3.63) is 29.1 Å². The number of hydrogen-bond donors (Lipinski definition) is 3. The second-order valence-corrected chi connectivity index (χ2v) is 11.1. The molecule has 3 atom stereocenters. The highest BCUT2D eigenvalue weighted by molar-refractivity contribution is 8.00. The molecule has 0 spiro atoms. The second kappa shape index (κ2) is 18.9. The van der Waals surface area contributed by atoms with Crippen molar-refractivity contribution in [2.24, 2.45) is 0 Å². The molecule has 3 rings (SSSR count). The van der Waals surface area contributed by atoms with Crippen molar-refractivity contribution >= 4 is 29.7 Å². The van der Waals surface area contributed by atoms with Gasteiger partial charge in [-0.15, -0.1) is 0 Å². The number of unbranched alkanes of at least 4 members (excludes halogenated alkanes) is 1. The van der Waals surface area contributed by atoms with E-state index >= 15 is 0 Å². The third-order valence-corrected chi connectivity index (χ3v) is 8.11. The van der Waals surface area contributed by atoms with Gasteiger partial charge in [-0.1, -0.05) is 6.42 Å². The molecule has 0 unspecified atom stereocenters. The predicted molar refractivity (Wildman–Crippen MR) is 147 cm³/mol. The Morgan fingerprint density at radius 3 is 1.95 bits per heavy atom. The van der Waals surface area contributed by atoms with Gasteiger partial charge in [0.15, 0.2) is 0 Å². The highest BCUT2D eigenvalue weighted by Crippen LogP contribution is 2.33. The summed E-state index contributed by atoms with van der Waals surface area (Å²) < 4.78 is 91.7. The van der Waals surface area contributed by atoms with Crippen molar-refractivity contribution in [3.63, 3.8) is 0 Å². The van der Waals surface area contributed by atoms with Crippen LogP contribution in [0.3, 0.4) is 0 Å². The van der Waals surface area contributed by atoms with Crippen LogP contribution in [-0.4, -0.2) is 100 Å². The number of amides is 3. The molecule has 1 aromatic carbocycles. The fourth-order valence-electron chi connectivity index (χ4n) is 4.38. The lowest BCUT2D eigenvalue weighted by atomic mass is 10.0. The highest BCUT2D eigenvalue weighted by atomic mass is 32.2. The number of ether oxygens (including phenoxy) is 5. The Labute approximate surface area is 255 Å². The molecule has 1 aromatic rings. The number of carbonyl (C=O) groups excluding carboxylic acids is 3. The second-order valence-electron chi connectivity index (χ2n) is 9.79. The predicted octanol–water partition coefficient (Wildman–Crippen LogP) is 2.59. The minimum Gasteiger partial charge on any atom is -0.420 e. The average Bonchev–Trinajstić information content (AvgIpc) is 3.56. The van der Waals surface area contributed by atoms with Gasteiger partial charge in [0.25, 0.3) is 0 Å². The van der Waals surface area contributed by atoms with Crippen LogP contribution in [0.15, 0.2) is 0 Å². The third-order valence-electron chi connectivity index (χ3n) is 6.60. The fourth-order valence-corrected chi connectivity index (χ4v) is 5.93. The quantitative estimate of drug-likeness (QED) is 0.0347. The number of hydrogen-bond acceptors (Lipinski definition) is 9. The van der Waals surface area contributed by atoms with Crippen molar-refractivity contribution in [2.75, 3.05) is 65.2 Å². The first kappa shape index (κ1) is 35.7. The molecule has 3 N–H and O–H groups in total. The van der Waals surface area contributed by atoms with E-state index in [1.165, 1.54) is 0 Å². The summed E-state index contributed by atoms with van der Waals surface area (Å²) in [5.41, 5.74) is 0. The van der Waals surface area contributed by atoms with E-state index in [1.807, 2.05) is 11.8 Å². The van der Waals surface area contributed by atoms with Crippen LogP contribution < -0.4 is 20.7 Å². The van der Waals surface area contributed by atoms with Gasteiger partial charge in [-0.05, 0) is 12.8 Å². The molecule has 0 radical (unpaired) electrons. The Hall–Kier alpha value is -2.73. The van der Waals surface area contributed by atoms with Crippen LogP contribution in [0.2, 0.25) is 0 Å². The number of carbonyl (C=O) groups is 3. The lowest BCUT2D eigenvalue weighted by molar-refractivity contribution is -0.136. The van der Waals surface area contributed by atoms with Gasteiger partial charge in [-0.25, -0.2) is 18.0 Å². The van der Waals surface area contributed by atoms with Crippen LogP contribution in [0, 0.1) is 29.1 Å². The maximum Gasteiger partial charge on any atom is 0.315 e. The van der Waals surface area contributed by atoms with Crippen LogP contribution in [0.1, 0.15) is 32.1 Å². The lowest BCUT2D eigenvalue weighted by Crippen LogP contribution is -2.36. The van der Waals surface area contributed by atoms with Gasteiger partial charge in [0.1, 0.15) is 0 Å². The molecule has 11 nitrogen and oxygen atoms in total. The van der Waals surface area contributed by atoms with Crippen molar-refractivity contribution in [1.82, 2.24) is 16.0 Å². The molecule has 0 bridgehead atoms. The van der Waals surface area contributed by atoms with Gasteiger partial charge < -0.3 is 39.6 Å². The van der Waals surface area contributed by atoms with Gasteiger partial charge in [0, 0.05) is 24.0 Å². The molecule has 0 aliphatic carbocycles. The van der Waals surface area contributed by atoms with Crippen LogP contribution in [0.5, 0.6) is 5.75 Å². The number of fused-ring (bicyclic) bond motifs is 1. The monoisotopic (exact) mass is 657 g/mol. The summed E-state index contributed by atoms with van der Waals surface area (Å²) in [5, 5.41) is 9.09. The van der Waals surface area contributed by atoms with E-state index in [4.69, 9.17) is 18.9 Å². The van der Waals surface area contributed by atoms with Crippen LogP contribution in [0.25, 0.3) is 0 Å². The number of urea groups is 1. The highest BCUT2D eigenvalue weighted by Gasteiger charge is 2.42. The zero-order valence-electron chi connectivity index (χ0n) is 23.9. The largest absolute Gasteiger partial charge is 0.420 e. The number of thioether (sulfide) groups is 1. The number of rotatable bonds is 21. The van der Waals surface area contributed by atoms with Gasteiger partial charge in [-0.3, -0.25) is 9.59 Å². The molecule has 248 valence electrons. The standard InChI is InChI=1S/C27H36F5N3O8S/c28-20-21(29)23(31)26(24(32)22(20)30)43-19(37)5-7-39-9-11-41-13-14-42-12-10-40-8-6-33-18(36)4-2-1-3-17-25-16(15-44-17)34-27(38)35-25/h16-17,25H,1-15H2,(H,33,36)(H2,34,35,38)/t16-,17+,25-/m1/s1. The molecule has 2 fully saturated rings. The lowest BCUT2D eigenvalue weighted by Gasteiger charge is -2.16. The van der Waals surface area contributed by atoms with E-state index in [0.717, 1.165) is 25.0 Å². The van der Waals surface area contributed by atoms with Crippen molar-refractivity contribution in [2.45, 2.75) is 49.4 Å². The van der Waals surface area contributed by atoms with Gasteiger partial charge >= 0.3 is 12.0 Å². The molecular weight excluding hydrogens is 621 g/mol. The van der Waals surface area contributed by atoms with Crippen LogP contribution in [0.4, 0.5) is 26.7 Å². The van der Waals surface area contributed by atoms with E-state index in [9.17, 15) is 36.3 Å². The molecule has 0 aromatic heterocycles. The summed E-state index contributed by atoms with van der Waals surface area (Å²) in [6.07, 6.45) is 2.63. The molecule has 17 heteroatoms. The van der Waals surface area contributed by atoms with E-state index in [0.29, 0.717) is 38.0 Å². The van der Waals surface area contributed by atoms with E-state index < -0.39 is 47.2 Å². The summed E-state index contributed by atoms with van der Waals surface area (Å²) in [5.74, 6) is -13.3. The molecular formula is C27H36F5N3O8S. The molecule has 3 amide bonds. The summed E-state index contributed by atoms with van der Waals surface area (Å²) in [4.78, 5) is 35.0. The Kier molecular flexibility index (Phi) is 15.4. The first-order chi connectivity index (χ1) is 21.2. The number of esters is 1. The normalized spacial score (nSPS) is 19.0.